The Hall–Kier alpha value is -0.870. The Labute approximate surface area is 109 Å². The van der Waals surface area contributed by atoms with E-state index in [1.54, 1.807) is 0 Å². The number of fused-ring (bicyclic) bond motifs is 1. The number of aromatic nitrogens is 2. The summed E-state index contributed by atoms with van der Waals surface area (Å²) in [5, 5.41) is 3.47. The molecule has 0 spiro atoms. The first-order valence-electron chi connectivity index (χ1n) is 6.11. The van der Waals surface area contributed by atoms with Crippen LogP contribution in [-0.4, -0.2) is 22.6 Å². The second-order valence-corrected chi connectivity index (χ2v) is 5.49. The Morgan fingerprint density at radius 1 is 1.47 bits per heavy atom. The van der Waals surface area contributed by atoms with Crippen LogP contribution in [0.2, 0.25) is 0 Å². The molecule has 17 heavy (non-hydrogen) atoms. The van der Waals surface area contributed by atoms with E-state index in [1.807, 2.05) is 0 Å². The van der Waals surface area contributed by atoms with Gasteiger partial charge in [-0.2, -0.15) is 0 Å². The predicted molar refractivity (Wildman–Crippen MR) is 73.3 cm³/mol. The van der Waals surface area contributed by atoms with E-state index in [1.165, 1.54) is 18.4 Å². The fourth-order valence-electron chi connectivity index (χ4n) is 2.71. The van der Waals surface area contributed by atoms with Crippen LogP contribution in [0.1, 0.15) is 24.7 Å². The van der Waals surface area contributed by atoms with Crippen LogP contribution < -0.4 is 5.32 Å². The number of imidazole rings is 1. The first-order chi connectivity index (χ1) is 8.27. The van der Waals surface area contributed by atoms with Gasteiger partial charge in [0.2, 0.25) is 0 Å². The first-order valence-corrected chi connectivity index (χ1v) is 6.90. The van der Waals surface area contributed by atoms with Gasteiger partial charge in [0.1, 0.15) is 11.3 Å². The van der Waals surface area contributed by atoms with Crippen LogP contribution >= 0.6 is 15.9 Å². The molecule has 3 rings (SSSR count). The van der Waals surface area contributed by atoms with Crippen LogP contribution in [0.5, 0.6) is 0 Å². The number of rotatable bonds is 1. The first kappa shape index (κ1) is 11.2. The largest absolute Gasteiger partial charge is 0.324 e. The number of aryl methyl sites for hydroxylation is 1. The van der Waals surface area contributed by atoms with Crippen molar-refractivity contribution in [3.63, 3.8) is 0 Å². The van der Waals surface area contributed by atoms with Crippen molar-refractivity contribution in [1.29, 1.82) is 0 Å². The van der Waals surface area contributed by atoms with Crippen LogP contribution in [-0.2, 0) is 0 Å². The number of halogens is 1. The number of hydrogen-bond acceptors (Lipinski definition) is 2. The number of nitrogens with one attached hydrogen (secondary N) is 1. The third-order valence-corrected chi connectivity index (χ3v) is 4.12. The van der Waals surface area contributed by atoms with Gasteiger partial charge >= 0.3 is 0 Å². The number of para-hydroxylation sites is 1. The smallest absolute Gasteiger partial charge is 0.107 e. The number of nitrogens with zero attached hydrogens (tertiary/aromatic N) is 2. The van der Waals surface area contributed by atoms with Crippen LogP contribution in [0.4, 0.5) is 0 Å². The number of piperidine rings is 1. The molecule has 2 aromatic rings. The maximum absolute atomic E-state index is 4.68. The molecule has 1 unspecified atom stereocenters. The number of benzene rings is 1. The van der Waals surface area contributed by atoms with Gasteiger partial charge in [-0.1, -0.05) is 6.07 Å². The zero-order valence-electron chi connectivity index (χ0n) is 9.91. The molecule has 4 heteroatoms. The molecule has 1 N–H and O–H groups in total. The van der Waals surface area contributed by atoms with Gasteiger partial charge < -0.3 is 9.88 Å². The third-order valence-electron chi connectivity index (χ3n) is 3.48. The molecule has 1 fully saturated rings. The number of hydrogen-bond donors (Lipinski definition) is 1. The van der Waals surface area contributed by atoms with Gasteiger partial charge in [0.25, 0.3) is 0 Å². The molecule has 1 aliphatic heterocycles. The summed E-state index contributed by atoms with van der Waals surface area (Å²) in [4.78, 5) is 4.68. The average Bonchev–Trinajstić information content (AvgIpc) is 2.68. The summed E-state index contributed by atoms with van der Waals surface area (Å²) in [5.74, 6) is 1.11. The summed E-state index contributed by atoms with van der Waals surface area (Å²) in [5.41, 5.74) is 2.32. The van der Waals surface area contributed by atoms with Crippen molar-refractivity contribution in [3.8, 4) is 0 Å². The van der Waals surface area contributed by atoms with Crippen LogP contribution in [0.3, 0.4) is 0 Å². The molecule has 1 atom stereocenters. The Morgan fingerprint density at radius 3 is 3.12 bits per heavy atom. The van der Waals surface area contributed by atoms with Gasteiger partial charge in [0.15, 0.2) is 0 Å². The molecule has 0 amide bonds. The van der Waals surface area contributed by atoms with E-state index in [4.69, 9.17) is 0 Å². The summed E-state index contributed by atoms with van der Waals surface area (Å²) in [7, 11) is 0. The molecule has 0 aliphatic carbocycles. The minimum Gasteiger partial charge on any atom is -0.324 e. The van der Waals surface area contributed by atoms with Crippen molar-refractivity contribution in [2.75, 3.05) is 13.1 Å². The summed E-state index contributed by atoms with van der Waals surface area (Å²) >= 11 is 3.58. The fourth-order valence-corrected chi connectivity index (χ4v) is 3.16. The SMILES string of the molecule is Cc1nc2c(Br)cccc2n1C1CCCNC1. The van der Waals surface area contributed by atoms with Gasteiger partial charge in [0, 0.05) is 17.1 Å². The highest BCUT2D eigenvalue weighted by Crippen LogP contribution is 2.29. The second kappa shape index (κ2) is 4.42. The van der Waals surface area contributed by atoms with Crippen molar-refractivity contribution in [2.45, 2.75) is 25.8 Å². The van der Waals surface area contributed by atoms with Gasteiger partial charge in [0.05, 0.1) is 5.52 Å². The Bertz CT molecular complexity index is 541. The van der Waals surface area contributed by atoms with Gasteiger partial charge in [-0.25, -0.2) is 4.98 Å². The fraction of sp³-hybridized carbons (Fsp3) is 0.462. The van der Waals surface area contributed by atoms with E-state index in [2.05, 4.69) is 55.9 Å². The Kier molecular flexibility index (Phi) is 2.92. The molecule has 0 radical (unpaired) electrons. The van der Waals surface area contributed by atoms with Crippen molar-refractivity contribution < 1.29 is 0 Å². The zero-order valence-corrected chi connectivity index (χ0v) is 11.5. The third kappa shape index (κ3) is 1.89. The zero-order chi connectivity index (χ0) is 11.8. The van der Waals surface area contributed by atoms with Crippen molar-refractivity contribution in [1.82, 2.24) is 14.9 Å². The minimum absolute atomic E-state index is 0.544. The molecule has 0 bridgehead atoms. The Morgan fingerprint density at radius 2 is 2.35 bits per heavy atom. The van der Waals surface area contributed by atoms with Gasteiger partial charge in [-0.3, -0.25) is 0 Å². The van der Waals surface area contributed by atoms with Gasteiger partial charge in [-0.15, -0.1) is 0 Å². The lowest BCUT2D eigenvalue weighted by Crippen LogP contribution is -2.32. The van der Waals surface area contributed by atoms with E-state index in [-0.39, 0.29) is 0 Å². The highest BCUT2D eigenvalue weighted by atomic mass is 79.9. The van der Waals surface area contributed by atoms with Crippen molar-refractivity contribution in [3.05, 3.63) is 28.5 Å². The average molecular weight is 294 g/mol. The molecule has 1 saturated heterocycles. The van der Waals surface area contributed by atoms with E-state index >= 15 is 0 Å². The maximum Gasteiger partial charge on any atom is 0.107 e. The quantitative estimate of drug-likeness (QED) is 0.876. The molecule has 2 heterocycles. The Balaban J connectivity index is 2.14. The summed E-state index contributed by atoms with van der Waals surface area (Å²) in [6.07, 6.45) is 2.49. The highest BCUT2D eigenvalue weighted by Gasteiger charge is 2.19. The normalized spacial score (nSPS) is 20.9. The molecule has 1 aromatic carbocycles. The maximum atomic E-state index is 4.68. The molecule has 0 saturated carbocycles. The van der Waals surface area contributed by atoms with E-state index in [9.17, 15) is 0 Å². The highest BCUT2D eigenvalue weighted by molar-refractivity contribution is 9.10. The van der Waals surface area contributed by atoms with Crippen LogP contribution in [0, 0.1) is 6.92 Å². The molecule has 90 valence electrons. The van der Waals surface area contributed by atoms with Crippen molar-refractivity contribution in [2.24, 2.45) is 0 Å². The lowest BCUT2D eigenvalue weighted by Gasteiger charge is -2.25. The lowest BCUT2D eigenvalue weighted by molar-refractivity contribution is 0.373. The minimum atomic E-state index is 0.544. The molecule has 3 nitrogen and oxygen atoms in total. The lowest BCUT2D eigenvalue weighted by atomic mass is 10.1. The van der Waals surface area contributed by atoms with E-state index in [0.717, 1.165) is 28.9 Å². The summed E-state index contributed by atoms with van der Waals surface area (Å²) in [6.45, 7) is 4.30. The second-order valence-electron chi connectivity index (χ2n) is 4.64. The van der Waals surface area contributed by atoms with E-state index < -0.39 is 0 Å². The van der Waals surface area contributed by atoms with Crippen LogP contribution in [0.25, 0.3) is 11.0 Å². The molecular formula is C13H16BrN3. The van der Waals surface area contributed by atoms with Gasteiger partial charge in [-0.05, 0) is 54.4 Å². The molecular weight excluding hydrogens is 278 g/mol. The summed E-state index contributed by atoms with van der Waals surface area (Å²) in [6, 6.07) is 6.84. The standard InChI is InChI=1S/C13H16BrN3/c1-9-16-13-11(14)5-2-6-12(13)17(9)10-4-3-7-15-8-10/h2,5-6,10,15H,3-4,7-8H2,1H3. The predicted octanol–water partition coefficient (Wildman–Crippen LogP) is 3.03. The van der Waals surface area contributed by atoms with Crippen molar-refractivity contribution >= 4 is 27.0 Å². The monoisotopic (exact) mass is 293 g/mol. The molecule has 1 aromatic heterocycles. The summed E-state index contributed by atoms with van der Waals surface area (Å²) < 4.78 is 3.47. The van der Waals surface area contributed by atoms with Crippen LogP contribution in [0.15, 0.2) is 22.7 Å². The van der Waals surface area contributed by atoms with E-state index in [0.29, 0.717) is 6.04 Å². The topological polar surface area (TPSA) is 29.9 Å². The molecule has 1 aliphatic rings.